The number of halogens is 3. The number of alkyl halides is 3. The Bertz CT molecular complexity index is 543. The van der Waals surface area contributed by atoms with Crippen LogP contribution in [0.1, 0.15) is 57.8 Å². The lowest BCUT2D eigenvalue weighted by Gasteiger charge is -2.44. The van der Waals surface area contributed by atoms with Gasteiger partial charge >= 0.3 is 6.18 Å². The molecule has 2 aliphatic heterocycles. The van der Waals surface area contributed by atoms with E-state index in [1.807, 2.05) is 0 Å². The van der Waals surface area contributed by atoms with Gasteiger partial charge in [-0.05, 0) is 31.6 Å². The van der Waals surface area contributed by atoms with Gasteiger partial charge in [-0.1, -0.05) is 19.3 Å². The zero-order valence-electron chi connectivity index (χ0n) is 17.5. The standard InChI is InChI=1S/C21H35F3N2O4/c22-21(23,24)8-9-26-12-16(27)13-29-14-19-18(26)7-6-17(30-19)10-20(28)25-11-15-4-2-1-3-5-15/h15-19,27H,1-14H2,(H,25,28)/t16-,17-,18-,19+/m1/s1. The maximum Gasteiger partial charge on any atom is 0.390 e. The maximum absolute atomic E-state index is 12.7. The van der Waals surface area contributed by atoms with Gasteiger partial charge in [-0.3, -0.25) is 9.69 Å². The van der Waals surface area contributed by atoms with E-state index in [4.69, 9.17) is 9.47 Å². The number of β-amino-alcohol motifs (C(OH)–C–C–N with tert-alkyl or cyclic N) is 1. The molecule has 1 aliphatic carbocycles. The van der Waals surface area contributed by atoms with Crippen molar-refractivity contribution in [3.05, 3.63) is 0 Å². The van der Waals surface area contributed by atoms with Crippen LogP contribution in [-0.4, -0.2) is 79.3 Å². The summed E-state index contributed by atoms with van der Waals surface area (Å²) in [5.41, 5.74) is 0. The summed E-state index contributed by atoms with van der Waals surface area (Å²) in [6, 6.07) is -0.246. The average Bonchev–Trinajstić information content (AvgIpc) is 2.69. The normalized spacial score (nSPS) is 32.1. The quantitative estimate of drug-likeness (QED) is 0.670. The summed E-state index contributed by atoms with van der Waals surface area (Å²) in [5, 5.41) is 13.0. The van der Waals surface area contributed by atoms with Crippen LogP contribution >= 0.6 is 0 Å². The van der Waals surface area contributed by atoms with E-state index in [0.29, 0.717) is 25.3 Å². The Labute approximate surface area is 176 Å². The number of aliphatic hydroxyl groups is 1. The van der Waals surface area contributed by atoms with Crippen LogP contribution in [0.4, 0.5) is 13.2 Å². The fourth-order valence-corrected chi connectivity index (χ4v) is 4.90. The third-order valence-electron chi connectivity index (χ3n) is 6.50. The molecule has 0 aromatic carbocycles. The van der Waals surface area contributed by atoms with Crippen LogP contribution in [0.3, 0.4) is 0 Å². The topological polar surface area (TPSA) is 71.0 Å². The van der Waals surface area contributed by atoms with Gasteiger partial charge in [0.15, 0.2) is 0 Å². The molecule has 9 heteroatoms. The highest BCUT2D eigenvalue weighted by molar-refractivity contribution is 5.76. The fourth-order valence-electron chi connectivity index (χ4n) is 4.90. The highest BCUT2D eigenvalue weighted by atomic mass is 19.4. The van der Waals surface area contributed by atoms with Crippen LogP contribution in [0.2, 0.25) is 0 Å². The van der Waals surface area contributed by atoms with Gasteiger partial charge in [0, 0.05) is 25.7 Å². The predicted octanol–water partition coefficient (Wildman–Crippen LogP) is 2.63. The molecule has 6 nitrogen and oxygen atoms in total. The van der Waals surface area contributed by atoms with Gasteiger partial charge in [0.1, 0.15) is 0 Å². The Hall–Kier alpha value is -0.900. The summed E-state index contributed by atoms with van der Waals surface area (Å²) >= 11 is 0. The van der Waals surface area contributed by atoms with Gasteiger partial charge in [-0.15, -0.1) is 0 Å². The van der Waals surface area contributed by atoms with Crippen molar-refractivity contribution in [3.63, 3.8) is 0 Å². The molecule has 30 heavy (non-hydrogen) atoms. The highest BCUT2D eigenvalue weighted by Gasteiger charge is 2.39. The third-order valence-corrected chi connectivity index (χ3v) is 6.50. The van der Waals surface area contributed by atoms with Crippen molar-refractivity contribution in [2.24, 2.45) is 5.92 Å². The Balaban J connectivity index is 1.49. The van der Waals surface area contributed by atoms with E-state index in [2.05, 4.69) is 5.32 Å². The molecule has 0 bridgehead atoms. The zero-order chi connectivity index (χ0) is 21.6. The molecule has 0 aromatic rings. The molecule has 1 amide bonds. The molecule has 3 aliphatic rings. The lowest BCUT2D eigenvalue weighted by Crippen LogP contribution is -2.56. The molecule has 0 unspecified atom stereocenters. The molecule has 0 spiro atoms. The van der Waals surface area contributed by atoms with E-state index in [9.17, 15) is 23.1 Å². The van der Waals surface area contributed by atoms with Crippen molar-refractivity contribution >= 4 is 5.91 Å². The van der Waals surface area contributed by atoms with Crippen molar-refractivity contribution in [1.82, 2.24) is 10.2 Å². The number of rotatable bonds is 6. The minimum absolute atomic E-state index is 0.0277. The van der Waals surface area contributed by atoms with Crippen molar-refractivity contribution < 1.29 is 32.5 Å². The van der Waals surface area contributed by atoms with E-state index in [-0.39, 0.29) is 50.8 Å². The van der Waals surface area contributed by atoms with Crippen molar-refractivity contribution in [2.75, 3.05) is 32.8 Å². The van der Waals surface area contributed by atoms with Gasteiger partial charge in [-0.2, -0.15) is 13.2 Å². The summed E-state index contributed by atoms with van der Waals surface area (Å²) in [6.45, 7) is 0.959. The molecule has 174 valence electrons. The molecule has 0 aromatic heterocycles. The number of carbonyl (C=O) groups excluding carboxylic acids is 1. The number of ether oxygens (including phenoxy) is 2. The molecule has 1 saturated carbocycles. The molecular weight excluding hydrogens is 401 g/mol. The first-order chi connectivity index (χ1) is 14.3. The number of nitrogens with one attached hydrogen (secondary N) is 1. The number of aliphatic hydroxyl groups excluding tert-OH is 1. The molecule has 3 rings (SSSR count). The van der Waals surface area contributed by atoms with Crippen molar-refractivity contribution in [1.29, 1.82) is 0 Å². The summed E-state index contributed by atoms with van der Waals surface area (Å²) in [7, 11) is 0. The summed E-state index contributed by atoms with van der Waals surface area (Å²) in [5.74, 6) is 0.534. The second-order valence-corrected chi connectivity index (χ2v) is 9.00. The van der Waals surface area contributed by atoms with Crippen LogP contribution in [0.15, 0.2) is 0 Å². The van der Waals surface area contributed by atoms with E-state index in [1.165, 1.54) is 32.1 Å². The Kier molecular flexibility index (Phi) is 8.80. The van der Waals surface area contributed by atoms with E-state index in [0.717, 1.165) is 0 Å². The van der Waals surface area contributed by atoms with Crippen LogP contribution < -0.4 is 5.32 Å². The minimum atomic E-state index is -4.24. The number of hydrogen-bond acceptors (Lipinski definition) is 5. The lowest BCUT2D eigenvalue weighted by molar-refractivity contribution is -0.169. The molecule has 2 saturated heterocycles. The number of fused-ring (bicyclic) bond motifs is 1. The second kappa shape index (κ2) is 11.1. The monoisotopic (exact) mass is 436 g/mol. The van der Waals surface area contributed by atoms with Crippen molar-refractivity contribution in [3.8, 4) is 0 Å². The van der Waals surface area contributed by atoms with Gasteiger partial charge in [0.2, 0.25) is 5.91 Å². The van der Waals surface area contributed by atoms with Crippen LogP contribution in [0.25, 0.3) is 0 Å². The number of nitrogens with zero attached hydrogens (tertiary/aromatic N) is 1. The Morgan fingerprint density at radius 2 is 1.87 bits per heavy atom. The second-order valence-electron chi connectivity index (χ2n) is 9.00. The first-order valence-corrected chi connectivity index (χ1v) is 11.3. The smallest absolute Gasteiger partial charge is 0.389 e. The number of hydrogen-bond donors (Lipinski definition) is 2. The molecule has 0 radical (unpaired) electrons. The third kappa shape index (κ3) is 7.66. The number of amides is 1. The van der Waals surface area contributed by atoms with Crippen LogP contribution in [-0.2, 0) is 14.3 Å². The summed E-state index contributed by atoms with van der Waals surface area (Å²) < 4.78 is 49.8. The lowest BCUT2D eigenvalue weighted by atomic mass is 9.89. The SMILES string of the molecule is O=C(C[C@H]1CC[C@@H]2[C@H](COC[C@H](O)CN2CCC(F)(F)F)O1)NCC1CCCCC1. The maximum atomic E-state index is 12.7. The van der Waals surface area contributed by atoms with E-state index >= 15 is 0 Å². The number of carbonyl (C=O) groups is 1. The molecule has 3 fully saturated rings. The molecular formula is C21H35F3N2O4. The summed E-state index contributed by atoms with van der Waals surface area (Å²) in [4.78, 5) is 14.1. The average molecular weight is 437 g/mol. The Morgan fingerprint density at radius 3 is 2.60 bits per heavy atom. The summed E-state index contributed by atoms with van der Waals surface area (Å²) in [6.07, 6.45) is 0.947. The molecule has 2 N–H and O–H groups in total. The highest BCUT2D eigenvalue weighted by Crippen LogP contribution is 2.29. The fraction of sp³-hybridized carbons (Fsp3) is 0.952. The Morgan fingerprint density at radius 1 is 1.10 bits per heavy atom. The van der Waals surface area contributed by atoms with Crippen LogP contribution in [0.5, 0.6) is 0 Å². The molecule has 4 atom stereocenters. The zero-order valence-corrected chi connectivity index (χ0v) is 17.5. The van der Waals surface area contributed by atoms with Gasteiger partial charge < -0.3 is 19.9 Å². The first-order valence-electron chi connectivity index (χ1n) is 11.3. The predicted molar refractivity (Wildman–Crippen MR) is 105 cm³/mol. The largest absolute Gasteiger partial charge is 0.390 e. The van der Waals surface area contributed by atoms with Gasteiger partial charge in [0.05, 0.1) is 44.4 Å². The molecule has 2 heterocycles. The van der Waals surface area contributed by atoms with Crippen LogP contribution in [0, 0.1) is 5.92 Å². The van der Waals surface area contributed by atoms with Gasteiger partial charge in [-0.25, -0.2) is 0 Å². The van der Waals surface area contributed by atoms with E-state index in [1.54, 1.807) is 4.90 Å². The van der Waals surface area contributed by atoms with E-state index < -0.39 is 24.8 Å². The van der Waals surface area contributed by atoms with Crippen molar-refractivity contribution in [2.45, 2.75) is 88.3 Å². The minimum Gasteiger partial charge on any atom is -0.389 e. The van der Waals surface area contributed by atoms with Gasteiger partial charge in [0.25, 0.3) is 0 Å². The first kappa shape index (κ1) is 23.8.